The summed E-state index contributed by atoms with van der Waals surface area (Å²) in [6.07, 6.45) is 3.26. The molecule has 0 fully saturated rings. The minimum absolute atomic E-state index is 0.287. The Hall–Kier alpha value is -2.87. The summed E-state index contributed by atoms with van der Waals surface area (Å²) in [6, 6.07) is 6.56. The maximum Gasteiger partial charge on any atom is 0.349 e. The number of nitrogens with one attached hydrogen (secondary N) is 1. The molecule has 0 aliphatic carbocycles. The molecule has 0 saturated heterocycles. The normalized spacial score (nSPS) is 10.8. The molecule has 2 amide bonds. The van der Waals surface area contributed by atoms with Crippen molar-refractivity contribution >= 4 is 34.2 Å². The number of thiazole rings is 1. The Labute approximate surface area is 162 Å². The third-order valence-electron chi connectivity index (χ3n) is 3.49. The zero-order valence-electron chi connectivity index (χ0n) is 15.6. The Bertz CT molecular complexity index is 773. The Kier molecular flexibility index (Phi) is 6.95. The number of anilines is 2. The lowest BCUT2D eigenvalue weighted by Crippen LogP contribution is -2.39. The van der Waals surface area contributed by atoms with Gasteiger partial charge in [-0.05, 0) is 45.0 Å². The van der Waals surface area contributed by atoms with E-state index < -0.39 is 11.6 Å². The van der Waals surface area contributed by atoms with E-state index in [1.807, 2.05) is 0 Å². The van der Waals surface area contributed by atoms with Crippen molar-refractivity contribution in [2.24, 2.45) is 0 Å². The molecule has 2 aromatic rings. The van der Waals surface area contributed by atoms with Gasteiger partial charge in [-0.3, -0.25) is 10.2 Å². The van der Waals surface area contributed by atoms with Crippen molar-refractivity contribution in [2.45, 2.75) is 26.4 Å². The predicted octanol–water partition coefficient (Wildman–Crippen LogP) is 4.09. The van der Waals surface area contributed by atoms with Crippen LogP contribution in [-0.4, -0.2) is 35.7 Å². The van der Waals surface area contributed by atoms with Gasteiger partial charge in [-0.15, -0.1) is 17.9 Å². The SMILES string of the molecule is C=CCN(C(=O)Nc1nccs1)c1ccc(OC(C)(C)C(=O)OCC)cc1. The van der Waals surface area contributed by atoms with Gasteiger partial charge in [-0.1, -0.05) is 6.08 Å². The lowest BCUT2D eigenvalue weighted by atomic mass is 10.1. The van der Waals surface area contributed by atoms with Crippen molar-refractivity contribution in [1.82, 2.24) is 4.98 Å². The number of esters is 1. The number of rotatable bonds is 8. The van der Waals surface area contributed by atoms with Crippen molar-refractivity contribution in [1.29, 1.82) is 0 Å². The quantitative estimate of drug-likeness (QED) is 0.543. The molecule has 0 bridgehead atoms. The molecule has 1 aromatic heterocycles. The summed E-state index contributed by atoms with van der Waals surface area (Å²) in [4.78, 5) is 30.0. The summed E-state index contributed by atoms with van der Waals surface area (Å²) in [5.74, 6) is 0.0564. The number of urea groups is 1. The Balaban J connectivity index is 2.11. The number of benzene rings is 1. The van der Waals surface area contributed by atoms with E-state index in [1.165, 1.54) is 16.2 Å². The molecular formula is C19H23N3O4S. The first-order valence-electron chi connectivity index (χ1n) is 8.42. The molecule has 1 aromatic carbocycles. The highest BCUT2D eigenvalue weighted by molar-refractivity contribution is 7.13. The fraction of sp³-hybridized carbons (Fsp3) is 0.316. The molecule has 0 aliphatic rings. The van der Waals surface area contributed by atoms with Crippen LogP contribution in [0.2, 0.25) is 0 Å². The lowest BCUT2D eigenvalue weighted by molar-refractivity contribution is -0.158. The summed E-state index contributed by atoms with van der Waals surface area (Å²) in [5.41, 5.74) is -0.453. The van der Waals surface area contributed by atoms with Gasteiger partial charge in [0, 0.05) is 23.8 Å². The second-order valence-corrected chi connectivity index (χ2v) is 6.89. The largest absolute Gasteiger partial charge is 0.476 e. The summed E-state index contributed by atoms with van der Waals surface area (Å²) < 4.78 is 10.7. The fourth-order valence-electron chi connectivity index (χ4n) is 2.21. The van der Waals surface area contributed by atoms with Crippen LogP contribution in [0.15, 0.2) is 48.5 Å². The first-order valence-corrected chi connectivity index (χ1v) is 9.30. The Morgan fingerprint density at radius 3 is 2.59 bits per heavy atom. The van der Waals surface area contributed by atoms with E-state index in [-0.39, 0.29) is 12.6 Å². The van der Waals surface area contributed by atoms with Crippen LogP contribution in [0.1, 0.15) is 20.8 Å². The maximum absolute atomic E-state index is 12.5. The van der Waals surface area contributed by atoms with Crippen molar-refractivity contribution in [3.05, 3.63) is 48.5 Å². The van der Waals surface area contributed by atoms with E-state index in [0.717, 1.165) is 0 Å². The molecule has 0 radical (unpaired) electrons. The maximum atomic E-state index is 12.5. The van der Waals surface area contributed by atoms with Gasteiger partial charge in [0.25, 0.3) is 0 Å². The average Bonchev–Trinajstić information content (AvgIpc) is 3.13. The zero-order valence-corrected chi connectivity index (χ0v) is 16.4. The molecule has 0 aliphatic heterocycles. The van der Waals surface area contributed by atoms with Crippen LogP contribution < -0.4 is 15.0 Å². The molecule has 27 heavy (non-hydrogen) atoms. The van der Waals surface area contributed by atoms with Crippen molar-refractivity contribution in [3.63, 3.8) is 0 Å². The van der Waals surface area contributed by atoms with Crippen LogP contribution >= 0.6 is 11.3 Å². The number of amides is 2. The number of nitrogens with zero attached hydrogens (tertiary/aromatic N) is 2. The molecule has 2 rings (SSSR count). The van der Waals surface area contributed by atoms with Crippen LogP contribution in [-0.2, 0) is 9.53 Å². The minimum Gasteiger partial charge on any atom is -0.476 e. The van der Waals surface area contributed by atoms with Gasteiger partial charge >= 0.3 is 12.0 Å². The van der Waals surface area contributed by atoms with Crippen LogP contribution in [0.5, 0.6) is 5.75 Å². The van der Waals surface area contributed by atoms with Gasteiger partial charge in [-0.25, -0.2) is 14.6 Å². The average molecular weight is 389 g/mol. The summed E-state index contributed by atoms with van der Waals surface area (Å²) in [7, 11) is 0. The smallest absolute Gasteiger partial charge is 0.349 e. The summed E-state index contributed by atoms with van der Waals surface area (Å²) >= 11 is 1.34. The van der Waals surface area contributed by atoms with Crippen LogP contribution in [0.3, 0.4) is 0 Å². The number of aromatic nitrogens is 1. The van der Waals surface area contributed by atoms with Crippen LogP contribution in [0, 0.1) is 0 Å². The molecule has 144 valence electrons. The van der Waals surface area contributed by atoms with E-state index in [4.69, 9.17) is 9.47 Å². The van der Waals surface area contributed by atoms with Gasteiger partial charge in [0.1, 0.15) is 5.75 Å². The van der Waals surface area contributed by atoms with Gasteiger partial charge in [0.15, 0.2) is 10.7 Å². The van der Waals surface area contributed by atoms with Crippen molar-refractivity contribution in [3.8, 4) is 5.75 Å². The molecule has 0 spiro atoms. The third kappa shape index (κ3) is 5.55. The van der Waals surface area contributed by atoms with E-state index in [1.54, 1.807) is 62.7 Å². The molecule has 1 N–H and O–H groups in total. The molecule has 0 atom stereocenters. The number of carbonyl (C=O) groups excluding carboxylic acids is 2. The van der Waals surface area contributed by atoms with Crippen molar-refractivity contribution in [2.75, 3.05) is 23.4 Å². The molecule has 7 nitrogen and oxygen atoms in total. The monoisotopic (exact) mass is 389 g/mol. The van der Waals surface area contributed by atoms with E-state index in [2.05, 4.69) is 16.9 Å². The molecular weight excluding hydrogens is 366 g/mol. The number of carbonyl (C=O) groups is 2. The van der Waals surface area contributed by atoms with E-state index in [0.29, 0.717) is 23.1 Å². The first-order chi connectivity index (χ1) is 12.9. The second kappa shape index (κ2) is 9.18. The van der Waals surface area contributed by atoms with Gasteiger partial charge in [0.05, 0.1) is 6.61 Å². The highest BCUT2D eigenvalue weighted by Crippen LogP contribution is 2.24. The molecule has 8 heteroatoms. The predicted molar refractivity (Wildman–Crippen MR) is 106 cm³/mol. The zero-order chi connectivity index (χ0) is 19.9. The van der Waals surface area contributed by atoms with E-state index in [9.17, 15) is 9.59 Å². The topological polar surface area (TPSA) is 80.8 Å². The second-order valence-electron chi connectivity index (χ2n) is 5.99. The lowest BCUT2D eigenvalue weighted by Gasteiger charge is -2.25. The molecule has 0 saturated carbocycles. The molecule has 1 heterocycles. The van der Waals surface area contributed by atoms with Gasteiger partial charge in [0.2, 0.25) is 0 Å². The van der Waals surface area contributed by atoms with Crippen LogP contribution in [0.4, 0.5) is 15.6 Å². The minimum atomic E-state index is -1.11. The number of hydrogen-bond donors (Lipinski definition) is 1. The molecule has 0 unspecified atom stereocenters. The third-order valence-corrected chi connectivity index (χ3v) is 4.18. The number of hydrogen-bond acceptors (Lipinski definition) is 6. The van der Waals surface area contributed by atoms with Crippen molar-refractivity contribution < 1.29 is 19.1 Å². The Morgan fingerprint density at radius 2 is 2.04 bits per heavy atom. The van der Waals surface area contributed by atoms with Gasteiger partial charge < -0.3 is 9.47 Å². The van der Waals surface area contributed by atoms with Gasteiger partial charge in [-0.2, -0.15) is 0 Å². The fourth-order valence-corrected chi connectivity index (χ4v) is 2.73. The highest BCUT2D eigenvalue weighted by atomic mass is 32.1. The van der Waals surface area contributed by atoms with E-state index >= 15 is 0 Å². The summed E-state index contributed by atoms with van der Waals surface area (Å²) in [5, 5.41) is 5.04. The summed E-state index contributed by atoms with van der Waals surface area (Å²) in [6.45, 7) is 9.34. The highest BCUT2D eigenvalue weighted by Gasteiger charge is 2.31. The first kappa shape index (κ1) is 20.4. The Morgan fingerprint density at radius 1 is 1.33 bits per heavy atom. The standard InChI is InChI=1S/C19H23N3O4S/c1-5-12-22(18(24)21-17-20-11-13-27-17)14-7-9-15(10-8-14)26-19(3,4)16(23)25-6-2/h5,7-11,13H,1,6,12H2,2-4H3,(H,20,21,24). The van der Waals surface area contributed by atoms with Crippen LogP contribution in [0.25, 0.3) is 0 Å². The number of ether oxygens (including phenoxy) is 2.